The smallest absolute Gasteiger partial charge is 0.339 e. The number of thiocarbonyl (C=S) groups is 1. The molecule has 0 bridgehead atoms. The van der Waals surface area contributed by atoms with E-state index in [2.05, 4.69) is 10.6 Å². The van der Waals surface area contributed by atoms with Gasteiger partial charge in [0.25, 0.3) is 0 Å². The molecule has 1 atom stereocenters. The Kier molecular flexibility index (Phi) is 7.69. The molecule has 0 radical (unpaired) electrons. The zero-order valence-electron chi connectivity index (χ0n) is 14.6. The molecule has 2 rings (SSSR count). The Balaban J connectivity index is 1.88. The lowest BCUT2D eigenvalue weighted by molar-refractivity contribution is 0.0526. The molecule has 138 valence electrons. The third kappa shape index (κ3) is 6.20. The first-order valence-corrected chi connectivity index (χ1v) is 9.00. The first-order chi connectivity index (χ1) is 12.5. The number of hydrogen-bond donors (Lipinski definition) is 2. The first-order valence-electron chi connectivity index (χ1n) is 8.21. The summed E-state index contributed by atoms with van der Waals surface area (Å²) < 4.78 is 10.7. The topological polar surface area (TPSA) is 59.6 Å². The van der Waals surface area contributed by atoms with Crippen molar-refractivity contribution >= 4 is 40.6 Å². The van der Waals surface area contributed by atoms with Crippen molar-refractivity contribution in [2.45, 2.75) is 19.9 Å². The average Bonchev–Trinajstić information content (AvgIpc) is 2.62. The van der Waals surface area contributed by atoms with Gasteiger partial charge in [0.1, 0.15) is 12.4 Å². The van der Waals surface area contributed by atoms with Crippen LogP contribution in [0.4, 0.5) is 5.69 Å². The highest BCUT2D eigenvalue weighted by Crippen LogP contribution is 2.21. The fraction of sp³-hybridized carbons (Fsp3) is 0.263. The molecule has 7 heteroatoms. The monoisotopic (exact) mass is 392 g/mol. The zero-order valence-corrected chi connectivity index (χ0v) is 16.2. The van der Waals surface area contributed by atoms with Crippen LogP contribution in [0.2, 0.25) is 5.02 Å². The summed E-state index contributed by atoms with van der Waals surface area (Å²) in [6.45, 7) is 4.45. The Bertz CT molecular complexity index is 756. The molecule has 0 aliphatic carbocycles. The molecule has 0 aromatic heterocycles. The van der Waals surface area contributed by atoms with Crippen molar-refractivity contribution in [1.29, 1.82) is 0 Å². The van der Waals surface area contributed by atoms with Crippen LogP contribution in [0, 0.1) is 0 Å². The van der Waals surface area contributed by atoms with Gasteiger partial charge in [0.2, 0.25) is 0 Å². The Morgan fingerprint density at radius 3 is 2.65 bits per heavy atom. The van der Waals surface area contributed by atoms with Crippen molar-refractivity contribution in [1.82, 2.24) is 5.32 Å². The second-order valence-electron chi connectivity index (χ2n) is 5.54. The molecule has 0 unspecified atom stereocenters. The standard InChI is InChI=1S/C19H21ClN2O3S/c1-3-24-18(23)16-11-14(9-10-17(16)20)22-19(26)21-13(2)12-25-15-7-5-4-6-8-15/h4-11,13H,3,12H2,1-2H3,(H2,21,22,26)/t13-/m1/s1. The summed E-state index contributed by atoms with van der Waals surface area (Å²) in [7, 11) is 0. The number of para-hydroxylation sites is 1. The van der Waals surface area contributed by atoms with Crippen LogP contribution in [-0.2, 0) is 4.74 Å². The highest BCUT2D eigenvalue weighted by atomic mass is 35.5. The van der Waals surface area contributed by atoms with Crippen LogP contribution in [0.5, 0.6) is 5.75 Å². The molecule has 0 amide bonds. The van der Waals surface area contributed by atoms with Crippen LogP contribution >= 0.6 is 23.8 Å². The quantitative estimate of drug-likeness (QED) is 0.542. The van der Waals surface area contributed by atoms with Crippen molar-refractivity contribution in [3.63, 3.8) is 0 Å². The molecule has 0 saturated heterocycles. The highest BCUT2D eigenvalue weighted by Gasteiger charge is 2.13. The van der Waals surface area contributed by atoms with Gasteiger partial charge in [-0.25, -0.2) is 4.79 Å². The number of carbonyl (C=O) groups is 1. The van der Waals surface area contributed by atoms with Crippen molar-refractivity contribution < 1.29 is 14.3 Å². The third-order valence-electron chi connectivity index (χ3n) is 3.34. The van der Waals surface area contributed by atoms with E-state index < -0.39 is 5.97 Å². The molecule has 0 aliphatic heterocycles. The van der Waals surface area contributed by atoms with Gasteiger partial charge in [-0.1, -0.05) is 29.8 Å². The minimum absolute atomic E-state index is 0.00738. The van der Waals surface area contributed by atoms with Crippen molar-refractivity contribution in [2.75, 3.05) is 18.5 Å². The highest BCUT2D eigenvalue weighted by molar-refractivity contribution is 7.80. The molecule has 0 heterocycles. The lowest BCUT2D eigenvalue weighted by atomic mass is 10.2. The second kappa shape index (κ2) is 9.99. The predicted molar refractivity (Wildman–Crippen MR) is 108 cm³/mol. The molecule has 2 aromatic rings. The summed E-state index contributed by atoms with van der Waals surface area (Å²) in [6, 6.07) is 14.5. The number of hydrogen-bond acceptors (Lipinski definition) is 4. The van der Waals surface area contributed by atoms with Crippen LogP contribution in [-0.4, -0.2) is 30.3 Å². The average molecular weight is 393 g/mol. The van der Waals surface area contributed by atoms with Gasteiger partial charge in [0.05, 0.1) is 23.2 Å². The Labute approximate surface area is 163 Å². The Morgan fingerprint density at radius 2 is 1.96 bits per heavy atom. The maximum Gasteiger partial charge on any atom is 0.339 e. The predicted octanol–water partition coefficient (Wildman–Crippen LogP) is 4.27. The van der Waals surface area contributed by atoms with E-state index in [1.807, 2.05) is 37.3 Å². The van der Waals surface area contributed by atoms with Crippen LogP contribution in [0.3, 0.4) is 0 Å². The number of halogens is 1. The van der Waals surface area contributed by atoms with Gasteiger partial charge in [0, 0.05) is 5.69 Å². The van der Waals surface area contributed by atoms with Gasteiger partial charge in [-0.2, -0.15) is 0 Å². The number of nitrogens with one attached hydrogen (secondary N) is 2. The zero-order chi connectivity index (χ0) is 18.9. The number of anilines is 1. The summed E-state index contributed by atoms with van der Waals surface area (Å²) in [5.41, 5.74) is 0.938. The molecule has 26 heavy (non-hydrogen) atoms. The summed E-state index contributed by atoms with van der Waals surface area (Å²) >= 11 is 11.4. The molecule has 0 saturated carbocycles. The third-order valence-corrected chi connectivity index (χ3v) is 3.89. The number of esters is 1. The minimum atomic E-state index is -0.468. The van der Waals surface area contributed by atoms with Crippen LogP contribution in [0.25, 0.3) is 0 Å². The molecular formula is C19H21ClN2O3S. The summed E-state index contributed by atoms with van der Waals surface area (Å²) in [5, 5.41) is 6.92. The number of carbonyl (C=O) groups excluding carboxylic acids is 1. The van der Waals surface area contributed by atoms with Gasteiger partial charge in [-0.05, 0) is 56.4 Å². The molecular weight excluding hydrogens is 372 g/mol. The second-order valence-corrected chi connectivity index (χ2v) is 6.35. The van der Waals surface area contributed by atoms with E-state index in [-0.39, 0.29) is 12.6 Å². The number of benzene rings is 2. The Morgan fingerprint density at radius 1 is 1.23 bits per heavy atom. The van der Waals surface area contributed by atoms with Gasteiger partial charge >= 0.3 is 5.97 Å². The lowest BCUT2D eigenvalue weighted by Crippen LogP contribution is -2.39. The fourth-order valence-electron chi connectivity index (χ4n) is 2.14. The normalized spacial score (nSPS) is 11.3. The van der Waals surface area contributed by atoms with Gasteiger partial charge < -0.3 is 20.1 Å². The lowest BCUT2D eigenvalue weighted by Gasteiger charge is -2.18. The van der Waals surface area contributed by atoms with Crippen molar-refractivity contribution in [3.05, 3.63) is 59.1 Å². The number of ether oxygens (including phenoxy) is 2. The van der Waals surface area contributed by atoms with Crippen molar-refractivity contribution in [2.24, 2.45) is 0 Å². The van der Waals surface area contributed by atoms with Gasteiger partial charge in [0.15, 0.2) is 5.11 Å². The summed E-state index contributed by atoms with van der Waals surface area (Å²) in [5.74, 6) is 0.335. The van der Waals surface area contributed by atoms with Crippen LogP contribution < -0.4 is 15.4 Å². The molecule has 0 aliphatic rings. The van der Waals surface area contributed by atoms with Gasteiger partial charge in [-0.15, -0.1) is 0 Å². The molecule has 2 aromatic carbocycles. The van der Waals surface area contributed by atoms with E-state index in [0.29, 0.717) is 28.0 Å². The molecule has 2 N–H and O–H groups in total. The van der Waals surface area contributed by atoms with Gasteiger partial charge in [-0.3, -0.25) is 0 Å². The maximum atomic E-state index is 11.9. The van der Waals surface area contributed by atoms with Crippen LogP contribution in [0.15, 0.2) is 48.5 Å². The van der Waals surface area contributed by atoms with E-state index in [0.717, 1.165) is 5.75 Å². The maximum absolute atomic E-state index is 11.9. The Hall–Kier alpha value is -2.31. The summed E-state index contributed by atoms with van der Waals surface area (Å²) in [6.07, 6.45) is 0. The molecule has 0 spiro atoms. The van der Waals surface area contributed by atoms with E-state index in [1.54, 1.807) is 25.1 Å². The fourth-order valence-corrected chi connectivity index (χ4v) is 2.65. The first kappa shape index (κ1) is 20.0. The largest absolute Gasteiger partial charge is 0.491 e. The van der Waals surface area contributed by atoms with Crippen molar-refractivity contribution in [3.8, 4) is 5.75 Å². The SMILES string of the molecule is CCOC(=O)c1cc(NC(=S)N[C@H](C)COc2ccccc2)ccc1Cl. The minimum Gasteiger partial charge on any atom is -0.491 e. The van der Waals surface area contributed by atoms with E-state index in [4.69, 9.17) is 33.3 Å². The molecule has 5 nitrogen and oxygen atoms in total. The summed E-state index contributed by atoms with van der Waals surface area (Å²) in [4.78, 5) is 11.9. The van der Waals surface area contributed by atoms with E-state index >= 15 is 0 Å². The van der Waals surface area contributed by atoms with E-state index in [1.165, 1.54) is 0 Å². The van der Waals surface area contributed by atoms with E-state index in [9.17, 15) is 4.79 Å². The van der Waals surface area contributed by atoms with Crippen LogP contribution in [0.1, 0.15) is 24.2 Å². The number of rotatable bonds is 7. The molecule has 0 fully saturated rings.